The highest BCUT2D eigenvalue weighted by molar-refractivity contribution is 7.99. The number of aryl methyl sites for hydroxylation is 1. The average molecular weight is 343 g/mol. The van der Waals surface area contributed by atoms with Crippen molar-refractivity contribution in [3.8, 4) is 0 Å². The van der Waals surface area contributed by atoms with Gasteiger partial charge in [-0.2, -0.15) is 0 Å². The molecule has 0 heterocycles. The van der Waals surface area contributed by atoms with Crippen LogP contribution in [-0.4, -0.2) is 24.2 Å². The normalized spacial score (nSPS) is 11.6. The molecule has 0 saturated carbocycles. The molecule has 2 rings (SSSR count). The first kappa shape index (κ1) is 18.1. The second-order valence-corrected chi connectivity index (χ2v) is 6.78. The number of anilines is 1. The molecule has 126 valence electrons. The van der Waals surface area contributed by atoms with Gasteiger partial charge in [-0.3, -0.25) is 4.79 Å². The quantitative estimate of drug-likeness (QED) is 0.804. The smallest absolute Gasteiger partial charge is 0.337 e. The van der Waals surface area contributed by atoms with E-state index in [9.17, 15) is 9.59 Å². The van der Waals surface area contributed by atoms with Crippen LogP contribution in [0.5, 0.6) is 0 Å². The van der Waals surface area contributed by atoms with Crippen LogP contribution in [0.15, 0.2) is 48.5 Å². The number of hydrogen-bond acceptors (Lipinski definition) is 4. The van der Waals surface area contributed by atoms with E-state index in [2.05, 4.69) is 5.32 Å². The molecule has 0 bridgehead atoms. The lowest BCUT2D eigenvalue weighted by Crippen LogP contribution is -2.23. The third-order valence-corrected chi connectivity index (χ3v) is 4.83. The zero-order chi connectivity index (χ0) is 17.5. The van der Waals surface area contributed by atoms with Gasteiger partial charge in [-0.15, -0.1) is 11.8 Å². The molecule has 24 heavy (non-hydrogen) atoms. The van der Waals surface area contributed by atoms with Crippen molar-refractivity contribution in [1.29, 1.82) is 0 Å². The summed E-state index contributed by atoms with van der Waals surface area (Å²) in [6.45, 7) is 3.74. The van der Waals surface area contributed by atoms with Gasteiger partial charge in [-0.25, -0.2) is 4.79 Å². The van der Waals surface area contributed by atoms with Gasteiger partial charge >= 0.3 is 5.97 Å². The van der Waals surface area contributed by atoms with Crippen LogP contribution < -0.4 is 5.32 Å². The van der Waals surface area contributed by atoms with Gasteiger partial charge in [0.15, 0.2) is 0 Å². The Labute approximate surface area is 146 Å². The van der Waals surface area contributed by atoms with E-state index in [1.807, 2.05) is 44.2 Å². The summed E-state index contributed by atoms with van der Waals surface area (Å²) >= 11 is 1.59. The SMILES string of the molecule is COC(=O)c1ccc(NC(=O)C(C)SCc2ccccc2)c(C)c1. The van der Waals surface area contributed by atoms with E-state index >= 15 is 0 Å². The molecule has 4 nitrogen and oxygen atoms in total. The van der Waals surface area contributed by atoms with Crippen molar-refractivity contribution in [1.82, 2.24) is 0 Å². The fourth-order valence-electron chi connectivity index (χ4n) is 2.15. The predicted octanol–water partition coefficient (Wildman–Crippen LogP) is 4.04. The van der Waals surface area contributed by atoms with Crippen molar-refractivity contribution in [2.45, 2.75) is 24.9 Å². The van der Waals surface area contributed by atoms with Crippen molar-refractivity contribution >= 4 is 29.3 Å². The van der Waals surface area contributed by atoms with E-state index in [4.69, 9.17) is 4.74 Å². The Morgan fingerprint density at radius 1 is 1.17 bits per heavy atom. The number of carbonyl (C=O) groups is 2. The first-order valence-corrected chi connectivity index (χ1v) is 8.71. The molecule has 0 aromatic heterocycles. The number of methoxy groups -OCH3 is 1. The fourth-order valence-corrected chi connectivity index (χ4v) is 3.00. The molecule has 0 saturated heterocycles. The van der Waals surface area contributed by atoms with Gasteiger partial charge in [-0.1, -0.05) is 30.3 Å². The third kappa shape index (κ3) is 4.86. The van der Waals surface area contributed by atoms with Crippen LogP contribution >= 0.6 is 11.8 Å². The monoisotopic (exact) mass is 343 g/mol. The highest BCUT2D eigenvalue weighted by Gasteiger charge is 2.15. The Morgan fingerprint density at radius 3 is 2.50 bits per heavy atom. The van der Waals surface area contributed by atoms with Crippen molar-refractivity contribution in [3.05, 3.63) is 65.2 Å². The summed E-state index contributed by atoms with van der Waals surface area (Å²) in [5.74, 6) is 0.350. The summed E-state index contributed by atoms with van der Waals surface area (Å²) in [6, 6.07) is 15.2. The van der Waals surface area contributed by atoms with Gasteiger partial charge in [0.2, 0.25) is 5.91 Å². The summed E-state index contributed by atoms with van der Waals surface area (Å²) < 4.78 is 4.69. The Bertz CT molecular complexity index is 716. The van der Waals surface area contributed by atoms with Crippen molar-refractivity contribution in [3.63, 3.8) is 0 Å². The molecule has 0 radical (unpaired) electrons. The minimum Gasteiger partial charge on any atom is -0.465 e. The van der Waals surface area contributed by atoms with E-state index in [0.29, 0.717) is 11.3 Å². The van der Waals surface area contributed by atoms with Crippen LogP contribution in [0, 0.1) is 6.92 Å². The number of nitrogens with one attached hydrogen (secondary N) is 1. The van der Waals surface area contributed by atoms with E-state index in [1.165, 1.54) is 12.7 Å². The Hall–Kier alpha value is -2.27. The standard InChI is InChI=1S/C19H21NO3S/c1-13-11-16(19(22)23-3)9-10-17(13)20-18(21)14(2)24-12-15-7-5-4-6-8-15/h4-11,14H,12H2,1-3H3,(H,20,21). The van der Waals surface area contributed by atoms with Gasteiger partial charge in [0, 0.05) is 11.4 Å². The van der Waals surface area contributed by atoms with Crippen LogP contribution in [-0.2, 0) is 15.3 Å². The molecule has 0 fully saturated rings. The Balaban J connectivity index is 1.94. The average Bonchev–Trinajstić information content (AvgIpc) is 2.61. The molecule has 0 aliphatic rings. The number of rotatable bonds is 6. The van der Waals surface area contributed by atoms with Crippen molar-refractivity contribution in [2.24, 2.45) is 0 Å². The maximum absolute atomic E-state index is 12.3. The van der Waals surface area contributed by atoms with Gasteiger partial charge in [0.05, 0.1) is 17.9 Å². The van der Waals surface area contributed by atoms with Crippen LogP contribution in [0.3, 0.4) is 0 Å². The molecule has 1 atom stereocenters. The van der Waals surface area contributed by atoms with Crippen LogP contribution in [0.2, 0.25) is 0 Å². The highest BCUT2D eigenvalue weighted by atomic mass is 32.2. The summed E-state index contributed by atoms with van der Waals surface area (Å²) in [5, 5.41) is 2.74. The summed E-state index contributed by atoms with van der Waals surface area (Å²) in [7, 11) is 1.35. The minimum absolute atomic E-state index is 0.0511. The summed E-state index contributed by atoms with van der Waals surface area (Å²) in [6.07, 6.45) is 0. The number of esters is 1. The minimum atomic E-state index is -0.386. The molecular formula is C19H21NO3S. The lowest BCUT2D eigenvalue weighted by Gasteiger charge is -2.14. The number of amides is 1. The number of ether oxygens (including phenoxy) is 1. The van der Waals surface area contributed by atoms with Gasteiger partial charge in [0.1, 0.15) is 0 Å². The van der Waals surface area contributed by atoms with E-state index in [1.54, 1.807) is 30.0 Å². The fraction of sp³-hybridized carbons (Fsp3) is 0.263. The third-order valence-electron chi connectivity index (χ3n) is 3.62. The number of benzene rings is 2. The molecule has 2 aromatic carbocycles. The maximum Gasteiger partial charge on any atom is 0.337 e. The zero-order valence-corrected chi connectivity index (χ0v) is 14.9. The number of carbonyl (C=O) groups excluding carboxylic acids is 2. The van der Waals surface area contributed by atoms with Gasteiger partial charge in [0.25, 0.3) is 0 Å². The molecular weight excluding hydrogens is 322 g/mol. The lowest BCUT2D eigenvalue weighted by atomic mass is 10.1. The van der Waals surface area contributed by atoms with E-state index in [-0.39, 0.29) is 17.1 Å². The second-order valence-electron chi connectivity index (χ2n) is 5.45. The second kappa shape index (κ2) is 8.55. The predicted molar refractivity (Wildman–Crippen MR) is 98.3 cm³/mol. The van der Waals surface area contributed by atoms with Crippen LogP contribution in [0.25, 0.3) is 0 Å². The van der Waals surface area contributed by atoms with E-state index < -0.39 is 0 Å². The Kier molecular flexibility index (Phi) is 6.44. The first-order valence-electron chi connectivity index (χ1n) is 7.66. The lowest BCUT2D eigenvalue weighted by molar-refractivity contribution is -0.115. The number of thioether (sulfide) groups is 1. The highest BCUT2D eigenvalue weighted by Crippen LogP contribution is 2.21. The van der Waals surface area contributed by atoms with Crippen molar-refractivity contribution in [2.75, 3.05) is 12.4 Å². The van der Waals surface area contributed by atoms with Gasteiger partial charge < -0.3 is 10.1 Å². The number of hydrogen-bond donors (Lipinski definition) is 1. The maximum atomic E-state index is 12.3. The largest absolute Gasteiger partial charge is 0.465 e. The molecule has 1 unspecified atom stereocenters. The van der Waals surface area contributed by atoms with E-state index in [0.717, 1.165) is 11.3 Å². The Morgan fingerprint density at radius 2 is 1.88 bits per heavy atom. The summed E-state index contributed by atoms with van der Waals surface area (Å²) in [5.41, 5.74) is 3.20. The first-order chi connectivity index (χ1) is 11.5. The van der Waals surface area contributed by atoms with Crippen LogP contribution in [0.4, 0.5) is 5.69 Å². The molecule has 1 amide bonds. The molecule has 0 aliphatic heterocycles. The molecule has 0 aliphatic carbocycles. The van der Waals surface area contributed by atoms with Gasteiger partial charge in [-0.05, 0) is 43.2 Å². The topological polar surface area (TPSA) is 55.4 Å². The molecule has 2 aromatic rings. The van der Waals surface area contributed by atoms with Crippen LogP contribution in [0.1, 0.15) is 28.4 Å². The van der Waals surface area contributed by atoms with Crippen molar-refractivity contribution < 1.29 is 14.3 Å². The zero-order valence-electron chi connectivity index (χ0n) is 14.0. The summed E-state index contributed by atoms with van der Waals surface area (Å²) in [4.78, 5) is 23.9. The molecule has 0 spiro atoms. The molecule has 1 N–H and O–H groups in total. The molecule has 5 heteroatoms.